The van der Waals surface area contributed by atoms with Crippen molar-refractivity contribution in [2.45, 2.75) is 117 Å². The van der Waals surface area contributed by atoms with Crippen molar-refractivity contribution in [2.24, 2.45) is 0 Å². The molecule has 4 nitrogen and oxygen atoms in total. The fourth-order valence-corrected chi connectivity index (χ4v) is 3.66. The number of rotatable bonds is 20. The zero-order valence-corrected chi connectivity index (χ0v) is 17.7. The van der Waals surface area contributed by atoms with Crippen molar-refractivity contribution in [1.29, 1.82) is 0 Å². The lowest BCUT2D eigenvalue weighted by Gasteiger charge is -2.12. The normalized spacial score (nSPS) is 13.9. The van der Waals surface area contributed by atoms with Gasteiger partial charge in [0, 0.05) is 0 Å². The highest BCUT2D eigenvalue weighted by Gasteiger charge is 2.19. The Morgan fingerprint density at radius 3 is 1.16 bits per heavy atom. The average molecular weight is 379 g/mol. The van der Waals surface area contributed by atoms with E-state index < -0.39 is 7.82 Å². The summed E-state index contributed by atoms with van der Waals surface area (Å²) in [6, 6.07) is 0. The van der Waals surface area contributed by atoms with E-state index in [4.69, 9.17) is 9.05 Å². The van der Waals surface area contributed by atoms with E-state index in [0.717, 1.165) is 25.7 Å². The van der Waals surface area contributed by atoms with Crippen molar-refractivity contribution in [3.05, 3.63) is 0 Å². The number of hydrogen-bond donors (Lipinski definition) is 1. The third kappa shape index (κ3) is 20.3. The maximum absolute atomic E-state index is 11.7. The van der Waals surface area contributed by atoms with Gasteiger partial charge in [-0.1, -0.05) is 104 Å². The van der Waals surface area contributed by atoms with E-state index >= 15 is 0 Å². The number of unbranched alkanes of at least 4 members (excludes halogenated alkanes) is 14. The van der Waals surface area contributed by atoms with Crippen LogP contribution in [0.2, 0.25) is 0 Å². The summed E-state index contributed by atoms with van der Waals surface area (Å²) in [4.78, 5) is 9.61. The molecule has 5 heteroatoms. The molecule has 0 saturated heterocycles. The largest absolute Gasteiger partial charge is 0.472 e. The van der Waals surface area contributed by atoms with Crippen molar-refractivity contribution in [3.63, 3.8) is 0 Å². The van der Waals surface area contributed by atoms with Crippen molar-refractivity contribution in [1.82, 2.24) is 0 Å². The van der Waals surface area contributed by atoms with Gasteiger partial charge in [0.05, 0.1) is 13.2 Å². The van der Waals surface area contributed by atoms with Crippen LogP contribution in [0, 0.1) is 0 Å². The smallest absolute Gasteiger partial charge is 0.302 e. The molecule has 0 saturated carbocycles. The SMILES string of the molecule is CCCCCCCCCCCCOP(=O)(O)OCCCCCCCC. The molecule has 0 aliphatic rings. The first-order valence-corrected chi connectivity index (χ1v) is 12.2. The van der Waals surface area contributed by atoms with Gasteiger partial charge in [0.2, 0.25) is 0 Å². The fraction of sp³-hybridized carbons (Fsp3) is 1.00. The second-order valence-electron chi connectivity index (χ2n) is 7.08. The zero-order chi connectivity index (χ0) is 18.6. The van der Waals surface area contributed by atoms with E-state index in [2.05, 4.69) is 13.8 Å². The first kappa shape index (κ1) is 25.1. The molecule has 1 atom stereocenters. The van der Waals surface area contributed by atoms with E-state index in [-0.39, 0.29) is 0 Å². The second kappa shape index (κ2) is 18.9. The van der Waals surface area contributed by atoms with Crippen LogP contribution in [0.25, 0.3) is 0 Å². The van der Waals surface area contributed by atoms with Crippen LogP contribution >= 0.6 is 7.82 Å². The van der Waals surface area contributed by atoms with Crippen molar-refractivity contribution >= 4 is 7.82 Å². The molecule has 25 heavy (non-hydrogen) atoms. The predicted octanol–water partition coefficient (Wildman–Crippen LogP) is 7.40. The lowest BCUT2D eigenvalue weighted by atomic mass is 10.1. The van der Waals surface area contributed by atoms with E-state index in [1.54, 1.807) is 0 Å². The van der Waals surface area contributed by atoms with Crippen LogP contribution in [-0.4, -0.2) is 18.1 Å². The summed E-state index contributed by atoms with van der Waals surface area (Å²) in [7, 11) is -3.83. The minimum absolute atomic E-state index is 0.317. The van der Waals surface area contributed by atoms with E-state index in [1.165, 1.54) is 77.0 Å². The highest BCUT2D eigenvalue weighted by Crippen LogP contribution is 2.43. The molecule has 0 bridgehead atoms. The first-order valence-electron chi connectivity index (χ1n) is 10.7. The predicted molar refractivity (Wildman–Crippen MR) is 107 cm³/mol. The van der Waals surface area contributed by atoms with Crippen LogP contribution < -0.4 is 0 Å². The van der Waals surface area contributed by atoms with Crippen LogP contribution in [0.1, 0.15) is 117 Å². The van der Waals surface area contributed by atoms with Crippen molar-refractivity contribution in [2.75, 3.05) is 13.2 Å². The van der Waals surface area contributed by atoms with Gasteiger partial charge in [-0.15, -0.1) is 0 Å². The Labute approximate surface area is 156 Å². The molecule has 0 rings (SSSR count). The molecule has 0 radical (unpaired) electrons. The van der Waals surface area contributed by atoms with Gasteiger partial charge < -0.3 is 4.89 Å². The van der Waals surface area contributed by atoms with Gasteiger partial charge in [0.1, 0.15) is 0 Å². The van der Waals surface area contributed by atoms with Gasteiger partial charge in [0.15, 0.2) is 0 Å². The first-order chi connectivity index (χ1) is 12.1. The molecule has 0 aromatic carbocycles. The maximum atomic E-state index is 11.7. The fourth-order valence-electron chi connectivity index (χ4n) is 2.87. The molecule has 152 valence electrons. The highest BCUT2D eigenvalue weighted by molar-refractivity contribution is 7.47. The van der Waals surface area contributed by atoms with Crippen molar-refractivity contribution in [3.8, 4) is 0 Å². The summed E-state index contributed by atoms with van der Waals surface area (Å²) in [6.45, 7) is 5.07. The average Bonchev–Trinajstić information content (AvgIpc) is 2.59. The number of phosphoric ester groups is 1. The van der Waals surface area contributed by atoms with Crippen LogP contribution in [0.4, 0.5) is 0 Å². The van der Waals surface area contributed by atoms with Crippen LogP contribution in [0.5, 0.6) is 0 Å². The molecular formula is C20H43O4P. The van der Waals surface area contributed by atoms with Crippen LogP contribution in [-0.2, 0) is 13.6 Å². The summed E-state index contributed by atoms with van der Waals surface area (Å²) < 4.78 is 21.8. The molecule has 0 spiro atoms. The van der Waals surface area contributed by atoms with Crippen LogP contribution in [0.15, 0.2) is 0 Å². The number of phosphoric acid groups is 1. The standard InChI is InChI=1S/C20H43O4P/c1-3-5-7-9-11-12-13-14-16-18-20-24-25(21,22)23-19-17-15-10-8-6-4-2/h3-20H2,1-2H3,(H,21,22). The van der Waals surface area contributed by atoms with E-state index in [1.807, 2.05) is 0 Å². The Morgan fingerprint density at radius 2 is 0.840 bits per heavy atom. The van der Waals surface area contributed by atoms with Gasteiger partial charge >= 0.3 is 7.82 Å². The Bertz CT molecular complexity index is 310. The van der Waals surface area contributed by atoms with Gasteiger partial charge in [-0.3, -0.25) is 9.05 Å². The van der Waals surface area contributed by atoms with E-state index in [9.17, 15) is 9.46 Å². The van der Waals surface area contributed by atoms with Crippen molar-refractivity contribution < 1.29 is 18.5 Å². The summed E-state index contributed by atoms with van der Waals surface area (Å²) in [5.74, 6) is 0. The monoisotopic (exact) mass is 378 g/mol. The van der Waals surface area contributed by atoms with E-state index in [0.29, 0.717) is 13.2 Å². The second-order valence-corrected chi connectivity index (χ2v) is 8.54. The summed E-state index contributed by atoms with van der Waals surface area (Å²) >= 11 is 0. The highest BCUT2D eigenvalue weighted by atomic mass is 31.2. The molecular weight excluding hydrogens is 335 g/mol. The molecule has 0 fully saturated rings. The molecule has 1 N–H and O–H groups in total. The third-order valence-corrected chi connectivity index (χ3v) is 5.52. The minimum Gasteiger partial charge on any atom is -0.302 e. The molecule has 0 heterocycles. The molecule has 0 amide bonds. The molecule has 0 aliphatic heterocycles. The maximum Gasteiger partial charge on any atom is 0.472 e. The molecule has 0 aromatic rings. The zero-order valence-electron chi connectivity index (χ0n) is 16.8. The Morgan fingerprint density at radius 1 is 0.560 bits per heavy atom. The Kier molecular flexibility index (Phi) is 19.0. The summed E-state index contributed by atoms with van der Waals surface area (Å²) in [6.07, 6.45) is 19.2. The Balaban J connectivity index is 3.32. The molecule has 1 unspecified atom stereocenters. The molecule has 0 aromatic heterocycles. The Hall–Kier alpha value is 0.110. The third-order valence-electron chi connectivity index (χ3n) is 4.50. The topological polar surface area (TPSA) is 55.8 Å². The quantitative estimate of drug-likeness (QED) is 0.177. The van der Waals surface area contributed by atoms with Crippen LogP contribution in [0.3, 0.4) is 0 Å². The van der Waals surface area contributed by atoms with Gasteiger partial charge in [0.25, 0.3) is 0 Å². The van der Waals surface area contributed by atoms with Gasteiger partial charge in [-0.25, -0.2) is 4.57 Å². The lowest BCUT2D eigenvalue weighted by molar-refractivity contribution is 0.145. The summed E-state index contributed by atoms with van der Waals surface area (Å²) in [5, 5.41) is 0. The van der Waals surface area contributed by atoms with Gasteiger partial charge in [-0.05, 0) is 12.8 Å². The minimum atomic E-state index is -3.83. The molecule has 0 aliphatic carbocycles. The lowest BCUT2D eigenvalue weighted by Crippen LogP contribution is -1.99. The summed E-state index contributed by atoms with van der Waals surface area (Å²) in [5.41, 5.74) is 0. The number of hydrogen-bond acceptors (Lipinski definition) is 3. The van der Waals surface area contributed by atoms with Gasteiger partial charge in [-0.2, -0.15) is 0 Å².